The van der Waals surface area contributed by atoms with Crippen molar-refractivity contribution in [1.29, 1.82) is 0 Å². The maximum absolute atomic E-state index is 2.43. The van der Waals surface area contributed by atoms with Gasteiger partial charge in [-0.1, -0.05) is 226 Å². The van der Waals surface area contributed by atoms with E-state index >= 15 is 0 Å². The Bertz CT molecular complexity index is 3650. The minimum atomic E-state index is -0.128. The number of fused-ring (bicyclic) bond motifs is 7. The van der Waals surface area contributed by atoms with Gasteiger partial charge in [0.1, 0.15) is 0 Å². The number of rotatable bonds is 6. The van der Waals surface area contributed by atoms with Gasteiger partial charge >= 0.3 is 0 Å². The first-order valence-electron chi connectivity index (χ1n) is 22.8. The Kier molecular flexibility index (Phi) is 8.36. The van der Waals surface area contributed by atoms with Gasteiger partial charge in [-0.3, -0.25) is 0 Å². The van der Waals surface area contributed by atoms with Crippen LogP contribution in [0.5, 0.6) is 0 Å². The fourth-order valence-corrected chi connectivity index (χ4v) is 10.9. The van der Waals surface area contributed by atoms with Crippen LogP contribution in [0, 0.1) is 0 Å². The van der Waals surface area contributed by atoms with Crippen LogP contribution >= 0.6 is 0 Å². The minimum Gasteiger partial charge on any atom is -0.0616 e. The van der Waals surface area contributed by atoms with Gasteiger partial charge in [0.15, 0.2) is 0 Å². The summed E-state index contributed by atoms with van der Waals surface area (Å²) in [4.78, 5) is 0. The molecule has 0 amide bonds. The van der Waals surface area contributed by atoms with Crippen LogP contribution < -0.4 is 0 Å². The largest absolute Gasteiger partial charge is 0.0616 e. The molecule has 0 spiro atoms. The van der Waals surface area contributed by atoms with Crippen LogP contribution in [0.1, 0.15) is 25.0 Å². The molecule has 65 heavy (non-hydrogen) atoms. The fraction of sp³-hybridized carbons (Fsp3) is 0.0462. The Hall–Kier alpha value is -8.06. The smallest absolute Gasteiger partial charge is 0.0159 e. The highest BCUT2D eigenvalue weighted by molar-refractivity contribution is 6.18. The van der Waals surface area contributed by atoms with E-state index in [9.17, 15) is 0 Å². The lowest BCUT2D eigenvalue weighted by Crippen LogP contribution is -2.15. The van der Waals surface area contributed by atoms with Gasteiger partial charge in [-0.2, -0.15) is 0 Å². The van der Waals surface area contributed by atoms with Gasteiger partial charge in [0, 0.05) is 5.41 Å². The van der Waals surface area contributed by atoms with Crippen molar-refractivity contribution in [2.75, 3.05) is 0 Å². The molecule has 2 aliphatic carbocycles. The van der Waals surface area contributed by atoms with Crippen LogP contribution in [-0.4, -0.2) is 0 Å². The Morgan fingerprint density at radius 3 is 1.11 bits per heavy atom. The Labute approximate surface area is 380 Å². The first kappa shape index (κ1) is 37.5. The summed E-state index contributed by atoms with van der Waals surface area (Å²) >= 11 is 0. The van der Waals surface area contributed by atoms with E-state index < -0.39 is 0 Å². The number of hydrogen-bond acceptors (Lipinski definition) is 0. The molecule has 0 N–H and O–H groups in total. The van der Waals surface area contributed by atoms with E-state index in [0.29, 0.717) is 0 Å². The molecule has 0 atom stereocenters. The molecule has 0 saturated heterocycles. The summed E-state index contributed by atoms with van der Waals surface area (Å²) in [6.45, 7) is 4.77. The average Bonchev–Trinajstić information content (AvgIpc) is 3.82. The van der Waals surface area contributed by atoms with Crippen molar-refractivity contribution in [2.24, 2.45) is 0 Å². The summed E-state index contributed by atoms with van der Waals surface area (Å²) < 4.78 is 0. The first-order chi connectivity index (χ1) is 31.9. The van der Waals surface area contributed by atoms with E-state index in [-0.39, 0.29) is 5.41 Å². The molecule has 0 aliphatic heterocycles. The van der Waals surface area contributed by atoms with Gasteiger partial charge in [0.2, 0.25) is 0 Å². The predicted octanol–water partition coefficient (Wildman–Crippen LogP) is 17.9. The first-order valence-corrected chi connectivity index (χ1v) is 22.8. The summed E-state index contributed by atoms with van der Waals surface area (Å²) in [5, 5.41) is 5.22. The van der Waals surface area contributed by atoms with Gasteiger partial charge in [-0.15, -0.1) is 0 Å². The van der Waals surface area contributed by atoms with Gasteiger partial charge in [-0.25, -0.2) is 0 Å². The third-order valence-corrected chi connectivity index (χ3v) is 14.5. The summed E-state index contributed by atoms with van der Waals surface area (Å²) in [6.07, 6.45) is 0. The second-order valence-corrected chi connectivity index (χ2v) is 18.5. The summed E-state index contributed by atoms with van der Waals surface area (Å²) in [5.74, 6) is 0. The predicted molar refractivity (Wildman–Crippen MR) is 276 cm³/mol. The summed E-state index contributed by atoms with van der Waals surface area (Å²) in [6, 6.07) is 85.7. The molecule has 0 heteroatoms. The molecule has 0 unspecified atom stereocenters. The third-order valence-electron chi connectivity index (χ3n) is 14.5. The van der Waals surface area contributed by atoms with Crippen LogP contribution in [0.25, 0.3) is 122 Å². The van der Waals surface area contributed by atoms with Crippen molar-refractivity contribution < 1.29 is 0 Å². The second-order valence-electron chi connectivity index (χ2n) is 18.5. The molecule has 0 nitrogen and oxygen atoms in total. The lowest BCUT2D eigenvalue weighted by Gasteiger charge is -2.22. The quantitative estimate of drug-likeness (QED) is 0.157. The third kappa shape index (κ3) is 6.06. The zero-order valence-electron chi connectivity index (χ0n) is 36.4. The van der Waals surface area contributed by atoms with E-state index in [1.54, 1.807) is 0 Å². The number of benzene rings is 11. The van der Waals surface area contributed by atoms with Crippen LogP contribution in [-0.2, 0) is 5.41 Å². The van der Waals surface area contributed by atoms with Gasteiger partial charge < -0.3 is 0 Å². The van der Waals surface area contributed by atoms with Crippen molar-refractivity contribution in [3.8, 4) is 100 Å². The normalized spacial score (nSPS) is 12.9. The highest BCUT2D eigenvalue weighted by Crippen LogP contribution is 2.52. The highest BCUT2D eigenvalue weighted by atomic mass is 14.4. The second kappa shape index (κ2) is 14.5. The molecular formula is C65H44. The zero-order chi connectivity index (χ0) is 43.2. The van der Waals surface area contributed by atoms with Crippen LogP contribution in [0.15, 0.2) is 231 Å². The maximum atomic E-state index is 2.43. The van der Waals surface area contributed by atoms with Crippen LogP contribution in [0.4, 0.5) is 0 Å². The zero-order valence-corrected chi connectivity index (χ0v) is 36.4. The molecule has 0 bridgehead atoms. The molecule has 13 rings (SSSR count). The molecule has 0 fully saturated rings. The van der Waals surface area contributed by atoms with Crippen molar-refractivity contribution in [3.05, 3.63) is 242 Å². The lowest BCUT2D eigenvalue weighted by atomic mass is 9.80. The van der Waals surface area contributed by atoms with E-state index in [2.05, 4.69) is 244 Å². The Morgan fingerprint density at radius 2 is 0.585 bits per heavy atom. The lowest BCUT2D eigenvalue weighted by molar-refractivity contribution is 0.661. The SMILES string of the molecule is CC1(C)c2cc(-c3ccc(-c4ccc(-c5ccc(-c6ccc7ccccc7c6)cc5)cc4)cc3)ccc2-c2ccc(-c3ccc(-c4ccc5c6c(cccc46)-c4ccccc4-5)cc3)cc21. The molecule has 11 aromatic rings. The fourth-order valence-electron chi connectivity index (χ4n) is 10.9. The Balaban J connectivity index is 0.725. The molecule has 11 aromatic carbocycles. The topological polar surface area (TPSA) is 0 Å². The van der Waals surface area contributed by atoms with Crippen LogP contribution in [0.3, 0.4) is 0 Å². The van der Waals surface area contributed by atoms with E-state index in [0.717, 1.165) is 0 Å². The van der Waals surface area contributed by atoms with Crippen molar-refractivity contribution in [2.45, 2.75) is 19.3 Å². The van der Waals surface area contributed by atoms with Crippen molar-refractivity contribution in [3.63, 3.8) is 0 Å². The maximum Gasteiger partial charge on any atom is 0.0159 e. The minimum absolute atomic E-state index is 0.128. The summed E-state index contributed by atoms with van der Waals surface area (Å²) in [5.41, 5.74) is 25.5. The van der Waals surface area contributed by atoms with Gasteiger partial charge in [0.05, 0.1) is 0 Å². The van der Waals surface area contributed by atoms with Crippen molar-refractivity contribution >= 4 is 21.5 Å². The molecule has 304 valence electrons. The number of hydrogen-bond donors (Lipinski definition) is 0. The van der Waals surface area contributed by atoms with E-state index in [4.69, 9.17) is 0 Å². The monoisotopic (exact) mass is 824 g/mol. The molecule has 0 saturated carbocycles. The van der Waals surface area contributed by atoms with Crippen molar-refractivity contribution in [1.82, 2.24) is 0 Å². The van der Waals surface area contributed by atoms with Gasteiger partial charge in [-0.05, 0) is 151 Å². The molecule has 2 aliphatic rings. The standard InChI is InChI=1S/C65H44/c1-65(2)62-39-52(47-24-20-45(21-25-47)43-16-14-42(15-17-43)44-18-22-46(23-19-44)51-31-28-41-8-3-4-9-50(41)38-51)32-34-57(62)58-35-33-53(40-63(58)65)48-26-29-49(30-27-48)54-36-37-61-56-11-6-5-10-55(56)60-13-7-12-59(54)64(60)61/h3-40H,1-2H3. The van der Waals surface area contributed by atoms with Crippen LogP contribution in [0.2, 0.25) is 0 Å². The molecule has 0 aromatic heterocycles. The van der Waals surface area contributed by atoms with E-state index in [1.807, 2.05) is 0 Å². The molecular weight excluding hydrogens is 781 g/mol. The molecule has 0 radical (unpaired) electrons. The average molecular weight is 825 g/mol. The molecule has 0 heterocycles. The Morgan fingerprint density at radius 1 is 0.231 bits per heavy atom. The van der Waals surface area contributed by atoms with Gasteiger partial charge in [0.25, 0.3) is 0 Å². The summed E-state index contributed by atoms with van der Waals surface area (Å²) in [7, 11) is 0. The van der Waals surface area contributed by atoms with E-state index in [1.165, 1.54) is 133 Å². The highest BCUT2D eigenvalue weighted by Gasteiger charge is 2.36.